The third kappa shape index (κ3) is 4.86. The zero-order valence-electron chi connectivity index (χ0n) is 16.7. The first-order valence-corrected chi connectivity index (χ1v) is 9.31. The van der Waals surface area contributed by atoms with Crippen LogP contribution in [0, 0.1) is 0 Å². The molecule has 160 valence electrons. The van der Waals surface area contributed by atoms with Crippen molar-refractivity contribution in [1.29, 1.82) is 0 Å². The fourth-order valence-corrected chi connectivity index (χ4v) is 2.91. The lowest BCUT2D eigenvalue weighted by molar-refractivity contribution is -0.174. The first-order valence-electron chi connectivity index (χ1n) is 9.31. The molecule has 1 heterocycles. The number of carboxylic acid groups (broad SMARTS) is 1. The van der Waals surface area contributed by atoms with Crippen molar-refractivity contribution in [3.63, 3.8) is 0 Å². The third-order valence-corrected chi connectivity index (χ3v) is 4.22. The maximum absolute atomic E-state index is 12.8. The minimum absolute atomic E-state index is 0.0460. The summed E-state index contributed by atoms with van der Waals surface area (Å²) >= 11 is 0. The van der Waals surface area contributed by atoms with E-state index in [2.05, 4.69) is 0 Å². The lowest BCUT2D eigenvalue weighted by Crippen LogP contribution is -2.53. The Bertz CT molecular complexity index is 885. The van der Waals surface area contributed by atoms with E-state index >= 15 is 0 Å². The number of rotatable bonds is 10. The van der Waals surface area contributed by atoms with Gasteiger partial charge >= 0.3 is 23.9 Å². The number of carbonyl (C=O) groups excluding carboxylic acids is 3. The number of hydrogen-bond acceptors (Lipinski definition) is 7. The number of aromatic nitrogens is 1. The molecule has 0 unspecified atom stereocenters. The number of nitrogens with zero attached hydrogens (tertiary/aromatic N) is 1. The third-order valence-electron chi connectivity index (χ3n) is 4.22. The van der Waals surface area contributed by atoms with E-state index in [0.717, 1.165) is 10.1 Å². The summed E-state index contributed by atoms with van der Waals surface area (Å²) in [5, 5.41) is 9.42. The molecule has 9 nitrogen and oxygen atoms in total. The number of hydrogen-bond donors (Lipinski definition) is 1. The lowest BCUT2D eigenvalue weighted by Gasteiger charge is -2.30. The molecule has 0 saturated carbocycles. The Morgan fingerprint density at radius 3 is 2.03 bits per heavy atom. The first-order chi connectivity index (χ1) is 14.4. The molecule has 9 heteroatoms. The van der Waals surface area contributed by atoms with Gasteiger partial charge in [0.25, 0.3) is 5.54 Å². The predicted octanol–water partition coefficient (Wildman–Crippen LogP) is 2.14. The average molecular weight is 417 g/mol. The Hall–Kier alpha value is -3.62. The van der Waals surface area contributed by atoms with Crippen LogP contribution >= 0.6 is 0 Å². The summed E-state index contributed by atoms with van der Waals surface area (Å²) in [4.78, 5) is 49.9. The molecular weight excluding hydrogens is 394 g/mol. The molecule has 0 aliphatic rings. The summed E-state index contributed by atoms with van der Waals surface area (Å²) in [6.45, 7) is 2.78. The largest absolute Gasteiger partial charge is 0.481 e. The summed E-state index contributed by atoms with van der Waals surface area (Å²) < 4.78 is 16.2. The molecule has 0 aliphatic heterocycles. The van der Waals surface area contributed by atoms with Crippen LogP contribution in [0.2, 0.25) is 0 Å². The Morgan fingerprint density at radius 1 is 0.900 bits per heavy atom. The van der Waals surface area contributed by atoms with Crippen LogP contribution < -0.4 is 0 Å². The number of carbonyl (C=O) groups is 4. The van der Waals surface area contributed by atoms with Gasteiger partial charge in [0.2, 0.25) is 0 Å². The Labute approximate surface area is 173 Å². The van der Waals surface area contributed by atoms with Crippen molar-refractivity contribution < 1.29 is 38.5 Å². The van der Waals surface area contributed by atoms with E-state index in [9.17, 15) is 24.3 Å². The van der Waals surface area contributed by atoms with E-state index in [0.29, 0.717) is 0 Å². The fraction of sp³-hybridized carbons (Fsp3) is 0.333. The molecule has 0 spiro atoms. The second-order valence-electron chi connectivity index (χ2n) is 6.20. The molecule has 30 heavy (non-hydrogen) atoms. The van der Waals surface area contributed by atoms with Gasteiger partial charge < -0.3 is 23.9 Å². The SMILES string of the molecule is CCOC(=O)C(CC(=O)O)(C(=O)OCC)n1cccc1C(=O)OCc1ccccc1. The van der Waals surface area contributed by atoms with E-state index in [4.69, 9.17) is 14.2 Å². The molecule has 2 rings (SSSR count). The monoisotopic (exact) mass is 417 g/mol. The van der Waals surface area contributed by atoms with Gasteiger partial charge in [-0.05, 0) is 31.5 Å². The summed E-state index contributed by atoms with van der Waals surface area (Å²) in [7, 11) is 0. The predicted molar refractivity (Wildman–Crippen MR) is 103 cm³/mol. The van der Waals surface area contributed by atoms with Gasteiger partial charge in [0.05, 0.1) is 19.6 Å². The van der Waals surface area contributed by atoms with Crippen LogP contribution in [0.4, 0.5) is 0 Å². The van der Waals surface area contributed by atoms with Crippen molar-refractivity contribution in [3.8, 4) is 0 Å². The molecule has 0 radical (unpaired) electrons. The second kappa shape index (κ2) is 10.2. The van der Waals surface area contributed by atoms with Crippen LogP contribution in [0.25, 0.3) is 0 Å². The molecule has 1 N–H and O–H groups in total. The molecule has 0 fully saturated rings. The van der Waals surface area contributed by atoms with Crippen molar-refractivity contribution >= 4 is 23.9 Å². The molecule has 0 atom stereocenters. The molecule has 1 aromatic carbocycles. The van der Waals surface area contributed by atoms with Crippen LogP contribution in [0.1, 0.15) is 36.3 Å². The first kappa shape index (κ1) is 22.7. The average Bonchev–Trinajstić information content (AvgIpc) is 3.21. The Kier molecular flexibility index (Phi) is 7.74. The van der Waals surface area contributed by atoms with E-state index in [1.165, 1.54) is 32.2 Å². The van der Waals surface area contributed by atoms with Gasteiger partial charge in [-0.25, -0.2) is 14.4 Å². The van der Waals surface area contributed by atoms with Crippen LogP contribution in [-0.2, 0) is 40.7 Å². The van der Waals surface area contributed by atoms with Gasteiger partial charge in [-0.15, -0.1) is 0 Å². The van der Waals surface area contributed by atoms with Gasteiger partial charge in [0.1, 0.15) is 12.3 Å². The maximum atomic E-state index is 12.8. The van der Waals surface area contributed by atoms with Gasteiger partial charge in [-0.1, -0.05) is 30.3 Å². The van der Waals surface area contributed by atoms with Crippen LogP contribution in [0.5, 0.6) is 0 Å². The van der Waals surface area contributed by atoms with Crippen LogP contribution in [-0.4, -0.2) is 46.8 Å². The summed E-state index contributed by atoms with van der Waals surface area (Å²) in [6.07, 6.45) is 0.272. The molecule has 0 amide bonds. The van der Waals surface area contributed by atoms with Crippen molar-refractivity contribution in [2.75, 3.05) is 13.2 Å². The topological polar surface area (TPSA) is 121 Å². The zero-order valence-corrected chi connectivity index (χ0v) is 16.7. The van der Waals surface area contributed by atoms with E-state index in [1.807, 2.05) is 6.07 Å². The number of benzene rings is 1. The molecule has 1 aromatic heterocycles. The highest BCUT2D eigenvalue weighted by Gasteiger charge is 2.54. The number of aliphatic carboxylic acids is 1. The summed E-state index contributed by atoms with van der Waals surface area (Å²) in [5.41, 5.74) is -1.87. The molecule has 0 bridgehead atoms. The smallest absolute Gasteiger partial charge is 0.355 e. The summed E-state index contributed by atoms with van der Waals surface area (Å²) in [5.74, 6) is -4.57. The van der Waals surface area contributed by atoms with E-state index in [1.54, 1.807) is 24.3 Å². The normalized spacial score (nSPS) is 10.9. The second-order valence-corrected chi connectivity index (χ2v) is 6.20. The Balaban J connectivity index is 2.47. The molecule has 2 aromatic rings. The highest BCUT2D eigenvalue weighted by molar-refractivity contribution is 6.06. The fourth-order valence-electron chi connectivity index (χ4n) is 2.91. The standard InChI is InChI=1S/C21H23NO8/c1-3-28-19(26)21(13-17(23)24,20(27)29-4-2)22-12-8-11-16(22)18(25)30-14-15-9-6-5-7-10-15/h5-12H,3-4,13-14H2,1-2H3,(H,23,24). The summed E-state index contributed by atoms with van der Waals surface area (Å²) in [6, 6.07) is 11.6. The highest BCUT2D eigenvalue weighted by atomic mass is 16.6. The zero-order chi connectivity index (χ0) is 22.1. The van der Waals surface area contributed by atoms with E-state index in [-0.39, 0.29) is 25.5 Å². The highest BCUT2D eigenvalue weighted by Crippen LogP contribution is 2.29. The van der Waals surface area contributed by atoms with Crippen molar-refractivity contribution in [2.45, 2.75) is 32.4 Å². The van der Waals surface area contributed by atoms with Crippen LogP contribution in [0.3, 0.4) is 0 Å². The van der Waals surface area contributed by atoms with Gasteiger partial charge in [-0.2, -0.15) is 0 Å². The Morgan fingerprint density at radius 2 is 1.50 bits per heavy atom. The number of ether oxygens (including phenoxy) is 3. The van der Waals surface area contributed by atoms with Gasteiger partial charge in [-0.3, -0.25) is 4.79 Å². The minimum atomic E-state index is -2.41. The van der Waals surface area contributed by atoms with Gasteiger partial charge in [0, 0.05) is 6.20 Å². The number of esters is 3. The maximum Gasteiger partial charge on any atom is 0.355 e. The quantitative estimate of drug-likeness (QED) is 0.355. The van der Waals surface area contributed by atoms with Crippen molar-refractivity contribution in [3.05, 3.63) is 59.9 Å². The lowest BCUT2D eigenvalue weighted by atomic mass is 9.94. The minimum Gasteiger partial charge on any atom is -0.481 e. The number of carboxylic acids is 1. The van der Waals surface area contributed by atoms with Crippen molar-refractivity contribution in [1.82, 2.24) is 4.57 Å². The van der Waals surface area contributed by atoms with Crippen molar-refractivity contribution in [2.24, 2.45) is 0 Å². The molecule has 0 saturated heterocycles. The van der Waals surface area contributed by atoms with Gasteiger partial charge in [0.15, 0.2) is 0 Å². The van der Waals surface area contributed by atoms with E-state index < -0.39 is 35.8 Å². The molecular formula is C21H23NO8. The molecule has 0 aliphatic carbocycles. The van der Waals surface area contributed by atoms with Crippen LogP contribution in [0.15, 0.2) is 48.7 Å².